The zero-order valence-corrected chi connectivity index (χ0v) is 20.1. The van der Waals surface area contributed by atoms with Gasteiger partial charge in [-0.1, -0.05) is 19.1 Å². The summed E-state index contributed by atoms with van der Waals surface area (Å²) < 4.78 is 12.8. The van der Waals surface area contributed by atoms with Gasteiger partial charge in [0.15, 0.2) is 5.78 Å². The van der Waals surface area contributed by atoms with Crippen LogP contribution in [0.25, 0.3) is 10.8 Å². The third-order valence-corrected chi connectivity index (χ3v) is 8.81. The quantitative estimate of drug-likeness (QED) is 0.534. The molecule has 2 heterocycles. The standard InChI is InChI=1S/C29H31NO4/c1-17(31)34-29(3)15-23-26-19(14-22-24(32)5-4-6-25(22)33-26)9-11-28(23,2)27(29)20-8-7-18-10-12-30-16-21(18)13-20/h7-8,10,12-14,16,23,26-27H,4-6,9,11,15H2,1-3H3/t23-,26+,27+,28-,29?/m0/s1. The lowest BCUT2D eigenvalue weighted by Gasteiger charge is -2.48. The van der Waals surface area contributed by atoms with Gasteiger partial charge in [-0.25, -0.2) is 0 Å². The molecule has 1 aromatic carbocycles. The van der Waals surface area contributed by atoms with E-state index in [-0.39, 0.29) is 35.1 Å². The molecule has 0 bridgehead atoms. The fourth-order valence-corrected chi connectivity index (χ4v) is 7.51. The summed E-state index contributed by atoms with van der Waals surface area (Å²) in [5.41, 5.74) is 2.45. The summed E-state index contributed by atoms with van der Waals surface area (Å²) in [5.74, 6) is 1.05. The molecular formula is C29H31NO4. The molecule has 1 aromatic heterocycles. The molecule has 1 unspecified atom stereocenters. The highest BCUT2D eigenvalue weighted by Gasteiger charge is 2.64. The molecule has 0 spiro atoms. The van der Waals surface area contributed by atoms with Crippen molar-refractivity contribution in [2.24, 2.45) is 11.3 Å². The molecule has 0 radical (unpaired) electrons. The van der Waals surface area contributed by atoms with E-state index in [1.54, 1.807) is 0 Å². The summed E-state index contributed by atoms with van der Waals surface area (Å²) in [6.07, 6.45) is 10.7. The Labute approximate surface area is 200 Å². The average Bonchev–Trinajstić information content (AvgIpc) is 3.04. The van der Waals surface area contributed by atoms with Crippen molar-refractivity contribution in [3.8, 4) is 0 Å². The number of ether oxygens (including phenoxy) is 2. The van der Waals surface area contributed by atoms with Crippen LogP contribution in [0.2, 0.25) is 0 Å². The smallest absolute Gasteiger partial charge is 0.303 e. The summed E-state index contributed by atoms with van der Waals surface area (Å²) in [4.78, 5) is 29.1. The third kappa shape index (κ3) is 3.16. The van der Waals surface area contributed by atoms with E-state index in [4.69, 9.17) is 9.47 Å². The van der Waals surface area contributed by atoms with Gasteiger partial charge in [0, 0.05) is 49.4 Å². The van der Waals surface area contributed by atoms with Gasteiger partial charge in [-0.2, -0.15) is 0 Å². The number of ketones is 1. The highest BCUT2D eigenvalue weighted by molar-refractivity contribution is 5.99. The zero-order chi connectivity index (χ0) is 23.7. The first-order valence-electron chi connectivity index (χ1n) is 12.5. The minimum atomic E-state index is -0.642. The maximum Gasteiger partial charge on any atom is 0.303 e. The zero-order valence-electron chi connectivity index (χ0n) is 20.1. The number of esters is 1. The molecule has 6 rings (SSSR count). The number of allylic oxidation sites excluding steroid dienone is 3. The van der Waals surface area contributed by atoms with Crippen LogP contribution in [-0.4, -0.2) is 28.4 Å². The van der Waals surface area contributed by atoms with Crippen LogP contribution in [0.3, 0.4) is 0 Å². The minimum absolute atomic E-state index is 0.0343. The second-order valence-corrected chi connectivity index (χ2v) is 11.0. The Morgan fingerprint density at radius 2 is 2.00 bits per heavy atom. The molecule has 5 nitrogen and oxygen atoms in total. The normalized spacial score (nSPS) is 34.6. The Kier molecular flexibility index (Phi) is 4.78. The van der Waals surface area contributed by atoms with Crippen molar-refractivity contribution in [2.75, 3.05) is 0 Å². The fraction of sp³-hybridized carbons (Fsp3) is 0.483. The van der Waals surface area contributed by atoms with Gasteiger partial charge < -0.3 is 9.47 Å². The van der Waals surface area contributed by atoms with Gasteiger partial charge in [0.05, 0.1) is 5.57 Å². The Morgan fingerprint density at radius 3 is 2.82 bits per heavy atom. The van der Waals surface area contributed by atoms with Crippen LogP contribution in [-0.2, 0) is 19.1 Å². The van der Waals surface area contributed by atoms with Crippen molar-refractivity contribution in [3.05, 3.63) is 65.2 Å². The number of carbonyl (C=O) groups is 2. The number of carbonyl (C=O) groups excluding carboxylic acids is 2. The molecule has 0 amide bonds. The maximum atomic E-state index is 12.5. The monoisotopic (exact) mass is 457 g/mol. The van der Waals surface area contributed by atoms with Gasteiger partial charge in [-0.3, -0.25) is 14.6 Å². The molecule has 0 saturated heterocycles. The topological polar surface area (TPSA) is 65.5 Å². The van der Waals surface area contributed by atoms with Crippen LogP contribution in [0.15, 0.2) is 59.6 Å². The van der Waals surface area contributed by atoms with E-state index in [1.165, 1.54) is 18.1 Å². The van der Waals surface area contributed by atoms with Crippen LogP contribution in [0.1, 0.15) is 70.8 Å². The highest BCUT2D eigenvalue weighted by atomic mass is 16.6. The van der Waals surface area contributed by atoms with E-state index in [0.717, 1.165) is 54.2 Å². The Bertz CT molecular complexity index is 1280. The summed E-state index contributed by atoms with van der Waals surface area (Å²) in [6, 6.07) is 8.58. The Morgan fingerprint density at radius 1 is 1.15 bits per heavy atom. The second-order valence-electron chi connectivity index (χ2n) is 11.0. The number of pyridine rings is 1. The van der Waals surface area contributed by atoms with E-state index in [0.29, 0.717) is 6.42 Å². The van der Waals surface area contributed by atoms with Gasteiger partial charge in [-0.15, -0.1) is 0 Å². The lowest BCUT2D eigenvalue weighted by molar-refractivity contribution is -0.157. The molecule has 5 atom stereocenters. The molecule has 176 valence electrons. The Balaban J connectivity index is 1.44. The number of hydrogen-bond donors (Lipinski definition) is 0. The first kappa shape index (κ1) is 21.6. The molecule has 4 aliphatic rings. The predicted octanol–water partition coefficient (Wildman–Crippen LogP) is 5.79. The van der Waals surface area contributed by atoms with Crippen LogP contribution in [0.4, 0.5) is 0 Å². The molecule has 2 fully saturated rings. The SMILES string of the molecule is CC(=O)OC1(C)C[C@H]2[C@@H]3OC4=C(C=C3CC[C@]2(C)[C@H]1c1ccc2ccncc2c1)C(=O)CCC4. The van der Waals surface area contributed by atoms with Gasteiger partial charge in [0.2, 0.25) is 0 Å². The van der Waals surface area contributed by atoms with Crippen LogP contribution >= 0.6 is 0 Å². The second kappa shape index (κ2) is 7.53. The number of rotatable bonds is 2. The highest BCUT2D eigenvalue weighted by Crippen LogP contribution is 2.66. The molecule has 2 saturated carbocycles. The maximum absolute atomic E-state index is 12.5. The number of nitrogens with zero attached hydrogens (tertiary/aromatic N) is 1. The van der Waals surface area contributed by atoms with Gasteiger partial charge in [0.25, 0.3) is 0 Å². The van der Waals surface area contributed by atoms with E-state index in [1.807, 2.05) is 18.5 Å². The van der Waals surface area contributed by atoms with Crippen molar-refractivity contribution in [2.45, 2.75) is 76.9 Å². The molecule has 0 N–H and O–H groups in total. The van der Waals surface area contributed by atoms with Crippen molar-refractivity contribution >= 4 is 22.5 Å². The summed E-state index contributed by atoms with van der Waals surface area (Å²) in [5, 5.41) is 2.25. The van der Waals surface area contributed by atoms with E-state index >= 15 is 0 Å². The minimum Gasteiger partial charge on any atom is -0.489 e. The van der Waals surface area contributed by atoms with Crippen molar-refractivity contribution in [1.82, 2.24) is 4.98 Å². The first-order valence-corrected chi connectivity index (χ1v) is 12.5. The molecule has 1 aliphatic heterocycles. The number of Topliss-reactive ketones (excluding diaryl/α,β-unsaturated/α-hetero) is 1. The first-order chi connectivity index (χ1) is 16.3. The van der Waals surface area contributed by atoms with Crippen molar-refractivity contribution < 1.29 is 19.1 Å². The van der Waals surface area contributed by atoms with Crippen LogP contribution < -0.4 is 0 Å². The van der Waals surface area contributed by atoms with Crippen LogP contribution in [0, 0.1) is 11.3 Å². The van der Waals surface area contributed by atoms with Crippen LogP contribution in [0.5, 0.6) is 0 Å². The van der Waals surface area contributed by atoms with Crippen molar-refractivity contribution in [1.29, 1.82) is 0 Å². The van der Waals surface area contributed by atoms with E-state index in [9.17, 15) is 9.59 Å². The average molecular weight is 458 g/mol. The largest absolute Gasteiger partial charge is 0.489 e. The molecule has 2 aromatic rings. The van der Waals surface area contributed by atoms with Gasteiger partial charge in [0.1, 0.15) is 17.5 Å². The number of fused-ring (bicyclic) bond motifs is 4. The lowest BCUT2D eigenvalue weighted by Crippen LogP contribution is -2.44. The summed E-state index contributed by atoms with van der Waals surface area (Å²) in [7, 11) is 0. The van der Waals surface area contributed by atoms with Crippen molar-refractivity contribution in [3.63, 3.8) is 0 Å². The lowest BCUT2D eigenvalue weighted by atomic mass is 9.60. The third-order valence-electron chi connectivity index (χ3n) is 8.81. The number of benzene rings is 1. The Hall–Kier alpha value is -2.95. The molecular weight excluding hydrogens is 426 g/mol. The molecule has 3 aliphatic carbocycles. The molecule has 34 heavy (non-hydrogen) atoms. The van der Waals surface area contributed by atoms with E-state index < -0.39 is 5.60 Å². The van der Waals surface area contributed by atoms with E-state index in [2.05, 4.69) is 43.1 Å². The fourth-order valence-electron chi connectivity index (χ4n) is 7.51. The van der Waals surface area contributed by atoms with Gasteiger partial charge >= 0.3 is 5.97 Å². The molecule has 5 heteroatoms. The summed E-state index contributed by atoms with van der Waals surface area (Å²) >= 11 is 0. The number of hydrogen-bond acceptors (Lipinski definition) is 5. The van der Waals surface area contributed by atoms with Gasteiger partial charge in [-0.05, 0) is 72.8 Å². The summed E-state index contributed by atoms with van der Waals surface area (Å²) in [6.45, 7) is 5.95. The number of aromatic nitrogens is 1. The predicted molar refractivity (Wildman–Crippen MR) is 129 cm³/mol.